The number of hydrogen-bond donors (Lipinski definition) is 1. The molecule has 1 N–H and O–H groups in total. The van der Waals surface area contributed by atoms with Crippen LogP contribution in [-0.4, -0.2) is 38.7 Å². The smallest absolute Gasteiger partial charge is 0.393 e. The van der Waals surface area contributed by atoms with Crippen molar-refractivity contribution in [2.45, 2.75) is 46.2 Å². The lowest BCUT2D eigenvalue weighted by molar-refractivity contribution is -0.131. The van der Waals surface area contributed by atoms with Crippen molar-refractivity contribution in [2.24, 2.45) is 5.92 Å². The molecule has 1 saturated heterocycles. The first-order valence-corrected chi connectivity index (χ1v) is 6.91. The zero-order valence-electron chi connectivity index (χ0n) is 12.7. The van der Waals surface area contributed by atoms with E-state index in [9.17, 15) is 14.4 Å². The number of urea groups is 1. The van der Waals surface area contributed by atoms with E-state index >= 15 is 0 Å². The van der Waals surface area contributed by atoms with Crippen LogP contribution in [-0.2, 0) is 11.3 Å². The minimum absolute atomic E-state index is 0.0875. The van der Waals surface area contributed by atoms with Gasteiger partial charge in [0.25, 0.3) is 5.91 Å². The highest BCUT2D eigenvalue weighted by Crippen LogP contribution is 2.24. The maximum atomic E-state index is 12.4. The molecular weight excluding hydrogens is 276 g/mol. The zero-order chi connectivity index (χ0) is 15.8. The van der Waals surface area contributed by atoms with E-state index in [1.54, 1.807) is 13.8 Å². The second kappa shape index (κ2) is 5.34. The van der Waals surface area contributed by atoms with Crippen molar-refractivity contribution in [1.29, 1.82) is 0 Å². The van der Waals surface area contributed by atoms with Gasteiger partial charge in [0.2, 0.25) is 5.89 Å². The standard InChI is InChI=1S/C13H20N4O4/c1-8(2)7-13(4)10(18)16(11(19)14-13)5-6-17-12(20)21-9(3)15-17/h8H,5-7H2,1-4H3,(H,14,19). The largest absolute Gasteiger partial charge is 0.437 e. The number of hydrogen-bond acceptors (Lipinski definition) is 5. The third-order valence-electron chi connectivity index (χ3n) is 3.40. The maximum absolute atomic E-state index is 12.4. The van der Waals surface area contributed by atoms with E-state index in [1.807, 2.05) is 13.8 Å². The first-order valence-electron chi connectivity index (χ1n) is 6.91. The Kier molecular flexibility index (Phi) is 3.89. The van der Waals surface area contributed by atoms with Crippen molar-refractivity contribution in [3.05, 3.63) is 16.4 Å². The van der Waals surface area contributed by atoms with Gasteiger partial charge in [0, 0.05) is 6.92 Å². The van der Waals surface area contributed by atoms with Crippen LogP contribution in [0.5, 0.6) is 0 Å². The van der Waals surface area contributed by atoms with Crippen LogP contribution in [0.25, 0.3) is 0 Å². The molecule has 8 heteroatoms. The van der Waals surface area contributed by atoms with Crippen molar-refractivity contribution >= 4 is 11.9 Å². The van der Waals surface area contributed by atoms with Gasteiger partial charge in [-0.15, -0.1) is 5.10 Å². The summed E-state index contributed by atoms with van der Waals surface area (Å²) in [5.41, 5.74) is -0.879. The lowest BCUT2D eigenvalue weighted by atomic mass is 9.91. The quantitative estimate of drug-likeness (QED) is 0.798. The van der Waals surface area contributed by atoms with Gasteiger partial charge in [0.1, 0.15) is 5.54 Å². The molecule has 0 saturated carbocycles. The summed E-state index contributed by atoms with van der Waals surface area (Å²) in [6, 6.07) is -0.434. The highest BCUT2D eigenvalue weighted by Gasteiger charge is 2.47. The number of aryl methyl sites for hydroxylation is 1. The molecule has 1 aromatic heterocycles. The summed E-state index contributed by atoms with van der Waals surface area (Å²) in [4.78, 5) is 36.9. The predicted octanol–water partition coefficient (Wildman–Crippen LogP) is 0.501. The van der Waals surface area contributed by atoms with Crippen LogP contribution in [0.2, 0.25) is 0 Å². The maximum Gasteiger partial charge on any atom is 0.437 e. The summed E-state index contributed by atoms with van der Waals surface area (Å²) in [5.74, 6) is -0.333. The number of carbonyl (C=O) groups excluding carboxylic acids is 2. The lowest BCUT2D eigenvalue weighted by Gasteiger charge is -2.23. The summed E-state index contributed by atoms with van der Waals surface area (Å²) in [6.07, 6.45) is 0.567. The summed E-state index contributed by atoms with van der Waals surface area (Å²) >= 11 is 0. The van der Waals surface area contributed by atoms with Crippen LogP contribution in [0.1, 0.15) is 33.1 Å². The van der Waals surface area contributed by atoms with Gasteiger partial charge < -0.3 is 9.73 Å². The molecule has 2 rings (SSSR count). The number of rotatable bonds is 5. The van der Waals surface area contributed by atoms with Gasteiger partial charge >= 0.3 is 11.8 Å². The highest BCUT2D eigenvalue weighted by molar-refractivity contribution is 6.06. The third kappa shape index (κ3) is 2.98. The number of nitrogens with zero attached hydrogens (tertiary/aromatic N) is 3. The number of imide groups is 1. The molecule has 8 nitrogen and oxygen atoms in total. The molecule has 0 aliphatic carbocycles. The average molecular weight is 296 g/mol. The van der Waals surface area contributed by atoms with Gasteiger partial charge in [-0.1, -0.05) is 13.8 Å². The predicted molar refractivity (Wildman–Crippen MR) is 73.6 cm³/mol. The van der Waals surface area contributed by atoms with Gasteiger partial charge in [0.15, 0.2) is 0 Å². The van der Waals surface area contributed by atoms with E-state index in [1.165, 1.54) is 0 Å². The number of aromatic nitrogens is 2. The third-order valence-corrected chi connectivity index (χ3v) is 3.40. The molecule has 0 spiro atoms. The van der Waals surface area contributed by atoms with E-state index in [0.717, 1.165) is 9.58 Å². The number of carbonyl (C=O) groups is 2. The van der Waals surface area contributed by atoms with E-state index in [-0.39, 0.29) is 30.8 Å². The van der Waals surface area contributed by atoms with E-state index in [2.05, 4.69) is 10.4 Å². The fourth-order valence-corrected chi connectivity index (χ4v) is 2.65. The molecule has 0 aromatic carbocycles. The molecule has 1 aliphatic heterocycles. The summed E-state index contributed by atoms with van der Waals surface area (Å²) < 4.78 is 5.87. The molecular formula is C13H20N4O4. The van der Waals surface area contributed by atoms with Crippen LogP contribution < -0.4 is 11.1 Å². The van der Waals surface area contributed by atoms with Crippen LogP contribution in [0.3, 0.4) is 0 Å². The molecule has 1 unspecified atom stereocenters. The highest BCUT2D eigenvalue weighted by atomic mass is 16.4. The SMILES string of the molecule is Cc1nn(CCN2C(=O)NC(C)(CC(C)C)C2=O)c(=O)o1. The van der Waals surface area contributed by atoms with Crippen LogP contribution in [0.4, 0.5) is 4.79 Å². The molecule has 2 heterocycles. The van der Waals surface area contributed by atoms with Crippen molar-refractivity contribution in [3.8, 4) is 0 Å². The van der Waals surface area contributed by atoms with Crippen LogP contribution in [0.15, 0.2) is 9.21 Å². The molecule has 1 atom stereocenters. The second-order valence-corrected chi connectivity index (χ2v) is 5.93. The Morgan fingerprint density at radius 1 is 1.29 bits per heavy atom. The topological polar surface area (TPSA) is 97.4 Å². The Hall–Kier alpha value is -2.12. The monoisotopic (exact) mass is 296 g/mol. The fraction of sp³-hybridized carbons (Fsp3) is 0.692. The van der Waals surface area contributed by atoms with Gasteiger partial charge in [0.05, 0.1) is 13.1 Å². The van der Waals surface area contributed by atoms with Gasteiger partial charge in [-0.2, -0.15) is 4.68 Å². The van der Waals surface area contributed by atoms with Crippen LogP contribution >= 0.6 is 0 Å². The van der Waals surface area contributed by atoms with E-state index in [4.69, 9.17) is 4.42 Å². The van der Waals surface area contributed by atoms with Gasteiger partial charge in [-0.25, -0.2) is 9.59 Å². The number of nitrogens with one attached hydrogen (secondary N) is 1. The van der Waals surface area contributed by atoms with Crippen molar-refractivity contribution in [2.75, 3.05) is 6.54 Å². The van der Waals surface area contributed by atoms with Gasteiger partial charge in [-0.3, -0.25) is 9.69 Å². The Bertz CT molecular complexity index is 618. The minimum Gasteiger partial charge on any atom is -0.393 e. The Labute approximate surface area is 122 Å². The summed E-state index contributed by atoms with van der Waals surface area (Å²) in [5, 5.41) is 6.60. The van der Waals surface area contributed by atoms with Crippen molar-refractivity contribution < 1.29 is 14.0 Å². The number of amides is 3. The fourth-order valence-electron chi connectivity index (χ4n) is 2.65. The molecule has 21 heavy (non-hydrogen) atoms. The molecule has 1 aliphatic rings. The molecule has 0 bridgehead atoms. The first-order chi connectivity index (χ1) is 9.73. The zero-order valence-corrected chi connectivity index (χ0v) is 12.7. The van der Waals surface area contributed by atoms with E-state index < -0.39 is 17.3 Å². The first kappa shape index (κ1) is 15.3. The second-order valence-electron chi connectivity index (χ2n) is 5.93. The minimum atomic E-state index is -0.879. The van der Waals surface area contributed by atoms with Crippen LogP contribution in [0, 0.1) is 12.8 Å². The van der Waals surface area contributed by atoms with Crippen molar-refractivity contribution in [3.63, 3.8) is 0 Å². The average Bonchev–Trinajstić information content (AvgIpc) is 2.75. The van der Waals surface area contributed by atoms with Crippen molar-refractivity contribution in [1.82, 2.24) is 20.0 Å². The summed E-state index contributed by atoms with van der Waals surface area (Å²) in [7, 11) is 0. The molecule has 1 fully saturated rings. The molecule has 0 radical (unpaired) electrons. The summed E-state index contributed by atoms with van der Waals surface area (Å²) in [6.45, 7) is 7.47. The molecule has 3 amide bonds. The Balaban J connectivity index is 2.07. The molecule has 1 aromatic rings. The van der Waals surface area contributed by atoms with E-state index in [0.29, 0.717) is 6.42 Å². The lowest BCUT2D eigenvalue weighted by Crippen LogP contribution is -2.45. The Morgan fingerprint density at radius 3 is 2.48 bits per heavy atom. The molecule has 116 valence electrons. The Morgan fingerprint density at radius 2 is 1.95 bits per heavy atom. The van der Waals surface area contributed by atoms with Gasteiger partial charge in [-0.05, 0) is 19.3 Å². The normalized spacial score (nSPS) is 22.2.